The van der Waals surface area contributed by atoms with E-state index in [2.05, 4.69) is 10.3 Å². The molecule has 0 radical (unpaired) electrons. The van der Waals surface area contributed by atoms with E-state index in [0.29, 0.717) is 0 Å². The van der Waals surface area contributed by atoms with Crippen LogP contribution in [-0.4, -0.2) is 17.4 Å². The van der Waals surface area contributed by atoms with Crippen LogP contribution in [0.3, 0.4) is 0 Å². The number of hydrogen-bond donors (Lipinski definition) is 2. The van der Waals surface area contributed by atoms with E-state index >= 15 is 0 Å². The predicted octanol–water partition coefficient (Wildman–Crippen LogP) is -0.646. The average Bonchev–Trinajstić information content (AvgIpc) is 2.04. The van der Waals surface area contributed by atoms with Gasteiger partial charge in [-0.05, 0) is 19.3 Å². The molecular formula is C6H9N3O. The van der Waals surface area contributed by atoms with Crippen LogP contribution in [0.1, 0.15) is 19.3 Å². The number of nitrogens with two attached hydrogens (primary N) is 1. The zero-order valence-corrected chi connectivity index (χ0v) is 5.55. The number of aliphatic imine (C=N–C) groups is 1. The van der Waals surface area contributed by atoms with Crippen LogP contribution in [0, 0.1) is 0 Å². The van der Waals surface area contributed by atoms with Crippen LogP contribution in [0.2, 0.25) is 0 Å². The van der Waals surface area contributed by atoms with E-state index < -0.39 is 5.54 Å². The van der Waals surface area contributed by atoms with Crippen molar-refractivity contribution < 1.29 is 4.79 Å². The number of nitrogens with zero attached hydrogens (tertiary/aromatic N) is 1. The highest BCUT2D eigenvalue weighted by Crippen LogP contribution is 2.37. The highest BCUT2D eigenvalue weighted by atomic mass is 16.2. The maximum Gasteiger partial charge on any atom is 0.254 e. The van der Waals surface area contributed by atoms with Crippen molar-refractivity contribution in [3.05, 3.63) is 0 Å². The largest absolute Gasteiger partial charge is 0.370 e. The van der Waals surface area contributed by atoms with Gasteiger partial charge >= 0.3 is 0 Å². The molecule has 1 fully saturated rings. The molecule has 1 saturated carbocycles. The van der Waals surface area contributed by atoms with E-state index in [9.17, 15) is 4.79 Å². The predicted molar refractivity (Wildman–Crippen MR) is 36.3 cm³/mol. The fourth-order valence-corrected chi connectivity index (χ4v) is 1.39. The van der Waals surface area contributed by atoms with Gasteiger partial charge in [-0.1, -0.05) is 0 Å². The number of carbonyl (C=O) groups excluding carboxylic acids is 1. The van der Waals surface area contributed by atoms with Gasteiger partial charge in [0.1, 0.15) is 5.54 Å². The molecule has 2 aliphatic rings. The van der Waals surface area contributed by atoms with Crippen LogP contribution in [0.4, 0.5) is 0 Å². The van der Waals surface area contributed by atoms with E-state index in [1.54, 1.807) is 0 Å². The minimum absolute atomic E-state index is 0.0174. The molecule has 0 atom stereocenters. The molecule has 4 heteroatoms. The minimum Gasteiger partial charge on any atom is -0.370 e. The summed E-state index contributed by atoms with van der Waals surface area (Å²) >= 11 is 0. The van der Waals surface area contributed by atoms with E-state index in [-0.39, 0.29) is 11.9 Å². The maximum atomic E-state index is 11.1. The number of guanidine groups is 1. The summed E-state index contributed by atoms with van der Waals surface area (Å²) in [5, 5.41) is 2.50. The highest BCUT2D eigenvalue weighted by molar-refractivity contribution is 6.07. The van der Waals surface area contributed by atoms with Crippen molar-refractivity contribution in [1.82, 2.24) is 5.32 Å². The summed E-state index contributed by atoms with van der Waals surface area (Å²) in [6.07, 6.45) is 2.81. The average molecular weight is 139 g/mol. The summed E-state index contributed by atoms with van der Waals surface area (Å²) in [4.78, 5) is 15.1. The van der Waals surface area contributed by atoms with Crippen LogP contribution in [-0.2, 0) is 4.79 Å². The van der Waals surface area contributed by atoms with Gasteiger partial charge in [0.15, 0.2) is 5.96 Å². The number of carbonyl (C=O) groups is 1. The van der Waals surface area contributed by atoms with Crippen molar-refractivity contribution in [2.45, 2.75) is 24.8 Å². The van der Waals surface area contributed by atoms with E-state index in [4.69, 9.17) is 5.73 Å². The van der Waals surface area contributed by atoms with Gasteiger partial charge in [0.2, 0.25) is 0 Å². The molecule has 1 aliphatic heterocycles. The van der Waals surface area contributed by atoms with Crippen LogP contribution in [0.25, 0.3) is 0 Å². The fourth-order valence-electron chi connectivity index (χ4n) is 1.39. The second-order valence-electron chi connectivity index (χ2n) is 2.84. The van der Waals surface area contributed by atoms with Crippen molar-refractivity contribution >= 4 is 11.9 Å². The third-order valence-corrected chi connectivity index (χ3v) is 2.18. The highest BCUT2D eigenvalue weighted by Gasteiger charge is 2.47. The molecule has 0 unspecified atom stereocenters. The SMILES string of the molecule is NC1=NC2(CCC2)C(=O)N1. The Hall–Kier alpha value is -1.06. The normalized spacial score (nSPS) is 27.6. The van der Waals surface area contributed by atoms with Crippen LogP contribution >= 0.6 is 0 Å². The van der Waals surface area contributed by atoms with Crippen LogP contribution < -0.4 is 11.1 Å². The fraction of sp³-hybridized carbons (Fsp3) is 0.667. The first kappa shape index (κ1) is 5.70. The lowest BCUT2D eigenvalue weighted by Gasteiger charge is -2.31. The van der Waals surface area contributed by atoms with Crippen LogP contribution in [0.5, 0.6) is 0 Å². The molecule has 54 valence electrons. The van der Waals surface area contributed by atoms with Gasteiger partial charge in [0, 0.05) is 0 Å². The standard InChI is InChI=1S/C6H9N3O/c7-5-8-4(10)6(9-5)2-1-3-6/h1-3H2,(H3,7,8,9,10). The third-order valence-electron chi connectivity index (χ3n) is 2.18. The molecule has 0 aromatic carbocycles. The Balaban J connectivity index is 2.29. The molecule has 4 nitrogen and oxygen atoms in total. The minimum atomic E-state index is -0.440. The van der Waals surface area contributed by atoms with Crippen molar-refractivity contribution in [3.8, 4) is 0 Å². The molecule has 1 spiro atoms. The second-order valence-corrected chi connectivity index (χ2v) is 2.84. The van der Waals surface area contributed by atoms with Gasteiger partial charge in [-0.25, -0.2) is 4.99 Å². The molecule has 0 aromatic rings. The lowest BCUT2D eigenvalue weighted by atomic mass is 9.77. The van der Waals surface area contributed by atoms with Crippen LogP contribution in [0.15, 0.2) is 4.99 Å². The Morgan fingerprint density at radius 3 is 2.50 bits per heavy atom. The lowest BCUT2D eigenvalue weighted by Crippen LogP contribution is -2.45. The molecule has 3 N–H and O–H groups in total. The molecule has 0 saturated heterocycles. The molecule has 1 heterocycles. The Morgan fingerprint density at radius 2 is 2.30 bits per heavy atom. The Labute approximate surface area is 58.5 Å². The van der Waals surface area contributed by atoms with Crippen molar-refractivity contribution in [3.63, 3.8) is 0 Å². The smallest absolute Gasteiger partial charge is 0.254 e. The third kappa shape index (κ3) is 0.509. The summed E-state index contributed by atoms with van der Waals surface area (Å²) in [5.74, 6) is 0.265. The first-order chi connectivity index (χ1) is 4.73. The van der Waals surface area contributed by atoms with Gasteiger partial charge in [0.05, 0.1) is 0 Å². The van der Waals surface area contributed by atoms with Gasteiger partial charge in [0.25, 0.3) is 5.91 Å². The summed E-state index contributed by atoms with van der Waals surface area (Å²) in [6.45, 7) is 0. The van der Waals surface area contributed by atoms with Gasteiger partial charge < -0.3 is 5.73 Å². The molecular weight excluding hydrogens is 130 g/mol. The molecule has 1 aliphatic carbocycles. The number of rotatable bonds is 0. The monoisotopic (exact) mass is 139 g/mol. The first-order valence-corrected chi connectivity index (χ1v) is 3.40. The molecule has 0 aromatic heterocycles. The molecule has 0 bridgehead atoms. The number of amides is 1. The number of nitrogens with one attached hydrogen (secondary N) is 1. The summed E-state index contributed by atoms with van der Waals surface area (Å²) in [7, 11) is 0. The second kappa shape index (κ2) is 1.51. The Morgan fingerprint density at radius 1 is 1.60 bits per heavy atom. The number of hydrogen-bond acceptors (Lipinski definition) is 3. The van der Waals surface area contributed by atoms with Crippen molar-refractivity contribution in [1.29, 1.82) is 0 Å². The lowest BCUT2D eigenvalue weighted by molar-refractivity contribution is -0.126. The van der Waals surface area contributed by atoms with Crippen molar-refractivity contribution in [2.75, 3.05) is 0 Å². The maximum absolute atomic E-state index is 11.1. The molecule has 10 heavy (non-hydrogen) atoms. The van der Waals surface area contributed by atoms with Crippen molar-refractivity contribution in [2.24, 2.45) is 10.7 Å². The Kier molecular flexibility index (Phi) is 0.859. The summed E-state index contributed by atoms with van der Waals surface area (Å²) < 4.78 is 0. The quantitative estimate of drug-likeness (QED) is 0.468. The van der Waals surface area contributed by atoms with Gasteiger partial charge in [-0.3, -0.25) is 10.1 Å². The van der Waals surface area contributed by atoms with Gasteiger partial charge in [-0.15, -0.1) is 0 Å². The summed E-state index contributed by atoms with van der Waals surface area (Å²) in [5.41, 5.74) is 4.89. The zero-order chi connectivity index (χ0) is 7.19. The molecule has 1 amide bonds. The van der Waals surface area contributed by atoms with E-state index in [0.717, 1.165) is 19.3 Å². The van der Waals surface area contributed by atoms with Gasteiger partial charge in [-0.2, -0.15) is 0 Å². The van der Waals surface area contributed by atoms with E-state index in [1.807, 2.05) is 0 Å². The topological polar surface area (TPSA) is 67.5 Å². The Bertz CT molecular complexity index is 217. The summed E-state index contributed by atoms with van der Waals surface area (Å²) in [6, 6.07) is 0. The van der Waals surface area contributed by atoms with E-state index in [1.165, 1.54) is 0 Å². The first-order valence-electron chi connectivity index (χ1n) is 3.40. The zero-order valence-electron chi connectivity index (χ0n) is 5.55. The molecule has 2 rings (SSSR count).